The van der Waals surface area contributed by atoms with E-state index in [4.69, 9.17) is 4.74 Å². The quantitative estimate of drug-likeness (QED) is 0.746. The molecule has 2 aromatic rings. The fourth-order valence-corrected chi connectivity index (χ4v) is 4.18. The number of hydrogen-bond donors (Lipinski definition) is 2. The molecule has 154 valence electrons. The molecule has 0 atom stereocenters. The molecular formula is C19H24N6O3S. The van der Waals surface area contributed by atoms with E-state index in [1.807, 2.05) is 24.3 Å². The van der Waals surface area contributed by atoms with Crippen LogP contribution in [-0.4, -0.2) is 66.9 Å². The zero-order valence-electron chi connectivity index (χ0n) is 16.3. The van der Waals surface area contributed by atoms with Crippen molar-refractivity contribution in [1.82, 2.24) is 20.4 Å². The Bertz CT molecular complexity index is 876. The summed E-state index contributed by atoms with van der Waals surface area (Å²) in [4.78, 5) is 28.4. The van der Waals surface area contributed by atoms with E-state index in [0.29, 0.717) is 37.2 Å². The fraction of sp³-hybridized carbons (Fsp3) is 0.474. The molecule has 2 heterocycles. The Morgan fingerprint density at radius 2 is 1.93 bits per heavy atom. The third-order valence-corrected chi connectivity index (χ3v) is 6.01. The predicted molar refractivity (Wildman–Crippen MR) is 111 cm³/mol. The number of aromatic nitrogens is 2. The topological polar surface area (TPSA) is 99.7 Å². The zero-order valence-corrected chi connectivity index (χ0v) is 17.1. The van der Waals surface area contributed by atoms with Crippen molar-refractivity contribution in [1.29, 1.82) is 0 Å². The van der Waals surface area contributed by atoms with Gasteiger partial charge in [-0.2, -0.15) is 0 Å². The van der Waals surface area contributed by atoms with Gasteiger partial charge in [-0.05, 0) is 25.0 Å². The molecule has 0 spiro atoms. The first-order valence-corrected chi connectivity index (χ1v) is 10.5. The van der Waals surface area contributed by atoms with Gasteiger partial charge in [0, 0.05) is 32.1 Å². The summed E-state index contributed by atoms with van der Waals surface area (Å²) in [5, 5.41) is 14.9. The largest absolute Gasteiger partial charge is 0.495 e. The lowest BCUT2D eigenvalue weighted by atomic mass is 10.2. The molecule has 10 heteroatoms. The van der Waals surface area contributed by atoms with Gasteiger partial charge in [0.15, 0.2) is 0 Å². The number of carbonyl (C=O) groups excluding carboxylic acids is 2. The van der Waals surface area contributed by atoms with Gasteiger partial charge in [0.1, 0.15) is 10.8 Å². The number of urea groups is 1. The molecule has 1 aliphatic carbocycles. The molecule has 29 heavy (non-hydrogen) atoms. The molecule has 0 radical (unpaired) electrons. The highest BCUT2D eigenvalue weighted by atomic mass is 32.1. The highest BCUT2D eigenvalue weighted by Gasteiger charge is 2.28. The first-order chi connectivity index (χ1) is 14.1. The van der Waals surface area contributed by atoms with E-state index in [9.17, 15) is 9.59 Å². The summed E-state index contributed by atoms with van der Waals surface area (Å²) < 4.78 is 5.42. The summed E-state index contributed by atoms with van der Waals surface area (Å²) in [7, 11) is 1.65. The number of para-hydroxylation sites is 2. The van der Waals surface area contributed by atoms with Gasteiger partial charge in [-0.15, -0.1) is 10.2 Å². The van der Waals surface area contributed by atoms with Gasteiger partial charge in [-0.3, -0.25) is 10.1 Å². The van der Waals surface area contributed by atoms with Gasteiger partial charge < -0.3 is 19.9 Å². The van der Waals surface area contributed by atoms with Crippen LogP contribution in [0.3, 0.4) is 0 Å². The Hall–Kier alpha value is -2.88. The average Bonchev–Trinajstić information content (AvgIpc) is 3.51. The predicted octanol–water partition coefficient (Wildman–Crippen LogP) is 1.89. The van der Waals surface area contributed by atoms with Crippen molar-refractivity contribution in [3.8, 4) is 5.75 Å². The lowest BCUT2D eigenvalue weighted by molar-refractivity contribution is -0.115. The molecule has 1 aliphatic heterocycles. The molecule has 2 fully saturated rings. The summed E-state index contributed by atoms with van der Waals surface area (Å²) in [6.07, 6.45) is 2.28. The standard InChI is InChI=1S/C19H24N6O3S/c1-28-15-5-3-2-4-14(15)24-8-10-25(11-9-24)19(27)20-12-16(26)21-18-23-22-17(29-18)13-6-7-13/h2-5,13H,6-12H2,1H3,(H,20,27)(H,21,23,26). The van der Waals surface area contributed by atoms with E-state index in [0.717, 1.165) is 29.3 Å². The second kappa shape index (κ2) is 8.64. The third kappa shape index (κ3) is 4.76. The number of ether oxygens (including phenoxy) is 1. The van der Waals surface area contributed by atoms with Gasteiger partial charge in [0.2, 0.25) is 11.0 Å². The van der Waals surface area contributed by atoms with Crippen molar-refractivity contribution in [2.24, 2.45) is 0 Å². The van der Waals surface area contributed by atoms with Crippen LogP contribution in [0.1, 0.15) is 23.8 Å². The fourth-order valence-electron chi connectivity index (χ4n) is 3.25. The molecule has 3 amide bonds. The molecule has 1 saturated heterocycles. The third-order valence-electron chi connectivity index (χ3n) is 5.01. The van der Waals surface area contributed by atoms with Gasteiger partial charge in [0.05, 0.1) is 19.3 Å². The molecule has 1 aromatic heterocycles. The van der Waals surface area contributed by atoms with Crippen LogP contribution in [0.5, 0.6) is 5.75 Å². The molecule has 2 N–H and O–H groups in total. The Balaban J connectivity index is 1.21. The summed E-state index contributed by atoms with van der Waals surface area (Å²) in [5.41, 5.74) is 1.03. The lowest BCUT2D eigenvalue weighted by Gasteiger charge is -2.36. The zero-order chi connectivity index (χ0) is 20.2. The minimum Gasteiger partial charge on any atom is -0.495 e. The van der Waals surface area contributed by atoms with E-state index in [-0.39, 0.29) is 18.5 Å². The highest BCUT2D eigenvalue weighted by Crippen LogP contribution is 2.42. The SMILES string of the molecule is COc1ccccc1N1CCN(C(=O)NCC(=O)Nc2nnc(C3CC3)s2)CC1. The van der Waals surface area contributed by atoms with Crippen LogP contribution in [0.15, 0.2) is 24.3 Å². The number of amides is 3. The number of carbonyl (C=O) groups is 2. The normalized spacial score (nSPS) is 16.4. The van der Waals surface area contributed by atoms with Crippen molar-refractivity contribution in [3.05, 3.63) is 29.3 Å². The van der Waals surface area contributed by atoms with Gasteiger partial charge in [0.25, 0.3) is 0 Å². The van der Waals surface area contributed by atoms with Gasteiger partial charge in [-0.1, -0.05) is 23.5 Å². The summed E-state index contributed by atoms with van der Waals surface area (Å²) in [6.45, 7) is 2.46. The average molecular weight is 417 g/mol. The number of hydrogen-bond acceptors (Lipinski definition) is 7. The maximum atomic E-state index is 12.4. The second-order valence-corrected chi connectivity index (χ2v) is 8.08. The molecule has 9 nitrogen and oxygen atoms in total. The van der Waals surface area contributed by atoms with Crippen LogP contribution >= 0.6 is 11.3 Å². The van der Waals surface area contributed by atoms with E-state index < -0.39 is 0 Å². The Kier molecular flexibility index (Phi) is 5.79. The van der Waals surface area contributed by atoms with Crippen LogP contribution in [0.25, 0.3) is 0 Å². The number of rotatable bonds is 6. The Morgan fingerprint density at radius 1 is 1.17 bits per heavy atom. The lowest BCUT2D eigenvalue weighted by Crippen LogP contribution is -2.52. The van der Waals surface area contributed by atoms with E-state index >= 15 is 0 Å². The van der Waals surface area contributed by atoms with Crippen LogP contribution in [0.2, 0.25) is 0 Å². The van der Waals surface area contributed by atoms with Crippen LogP contribution in [0.4, 0.5) is 15.6 Å². The molecular weight excluding hydrogens is 392 g/mol. The highest BCUT2D eigenvalue weighted by molar-refractivity contribution is 7.15. The minimum atomic E-state index is -0.301. The first-order valence-electron chi connectivity index (χ1n) is 9.68. The Morgan fingerprint density at radius 3 is 2.66 bits per heavy atom. The van der Waals surface area contributed by atoms with Crippen LogP contribution < -0.4 is 20.3 Å². The number of piperazine rings is 1. The number of nitrogens with one attached hydrogen (secondary N) is 2. The monoisotopic (exact) mass is 416 g/mol. The number of anilines is 2. The summed E-state index contributed by atoms with van der Waals surface area (Å²) in [6, 6.07) is 7.61. The first kappa shape index (κ1) is 19.4. The van der Waals surface area contributed by atoms with Crippen LogP contribution in [0, 0.1) is 0 Å². The smallest absolute Gasteiger partial charge is 0.317 e. The van der Waals surface area contributed by atoms with Crippen molar-refractivity contribution in [2.75, 3.05) is 50.1 Å². The molecule has 1 aromatic carbocycles. The summed E-state index contributed by atoms with van der Waals surface area (Å²) >= 11 is 1.40. The van der Waals surface area contributed by atoms with Crippen LogP contribution in [-0.2, 0) is 4.79 Å². The molecule has 1 saturated carbocycles. The minimum absolute atomic E-state index is 0.0934. The molecule has 4 rings (SSSR count). The molecule has 0 bridgehead atoms. The van der Waals surface area contributed by atoms with Crippen molar-refractivity contribution >= 4 is 34.1 Å². The number of nitrogens with zero attached hydrogens (tertiary/aromatic N) is 4. The maximum absolute atomic E-state index is 12.4. The maximum Gasteiger partial charge on any atom is 0.317 e. The van der Waals surface area contributed by atoms with E-state index in [1.54, 1.807) is 12.0 Å². The second-order valence-electron chi connectivity index (χ2n) is 7.07. The van der Waals surface area contributed by atoms with Crippen molar-refractivity contribution in [2.45, 2.75) is 18.8 Å². The van der Waals surface area contributed by atoms with Crippen molar-refractivity contribution in [3.63, 3.8) is 0 Å². The number of benzene rings is 1. The Labute approximate surface area is 173 Å². The van der Waals surface area contributed by atoms with Crippen molar-refractivity contribution < 1.29 is 14.3 Å². The summed E-state index contributed by atoms with van der Waals surface area (Å²) in [5.74, 6) is 1.03. The van der Waals surface area contributed by atoms with E-state index in [1.165, 1.54) is 11.3 Å². The molecule has 0 unspecified atom stereocenters. The van der Waals surface area contributed by atoms with Gasteiger partial charge in [-0.25, -0.2) is 4.79 Å². The molecule has 2 aliphatic rings. The van der Waals surface area contributed by atoms with Gasteiger partial charge >= 0.3 is 6.03 Å². The number of methoxy groups -OCH3 is 1. The van der Waals surface area contributed by atoms with E-state index in [2.05, 4.69) is 25.7 Å².